The monoisotopic (exact) mass is 334 g/mol. The summed E-state index contributed by atoms with van der Waals surface area (Å²) in [6.45, 7) is -0.0839. The first-order valence-corrected chi connectivity index (χ1v) is 7.45. The summed E-state index contributed by atoms with van der Waals surface area (Å²) in [5.74, 6) is 0.750. The van der Waals surface area contributed by atoms with Gasteiger partial charge in [-0.1, -0.05) is 6.07 Å². The lowest BCUT2D eigenvalue weighted by molar-refractivity contribution is 0.263. The number of aromatic hydroxyl groups is 2. The first kappa shape index (κ1) is 17.7. The van der Waals surface area contributed by atoms with Crippen molar-refractivity contribution in [3.63, 3.8) is 0 Å². The Morgan fingerprint density at radius 1 is 0.875 bits per heavy atom. The standard InChI is InChI=1S/C18H22O6/c1-22-15-9-12(4-5-14(15)20)13(10-19)6-11-7-16(23-2)18(21)17(8-11)24-3/h4-5,7-9,13,19-21H,6,10H2,1-3H3. The van der Waals surface area contributed by atoms with Crippen LogP contribution >= 0.6 is 0 Å². The van der Waals surface area contributed by atoms with Crippen molar-refractivity contribution in [2.75, 3.05) is 27.9 Å². The molecule has 0 aliphatic rings. The van der Waals surface area contributed by atoms with Crippen LogP contribution in [0.5, 0.6) is 28.7 Å². The van der Waals surface area contributed by atoms with Gasteiger partial charge in [-0.15, -0.1) is 0 Å². The van der Waals surface area contributed by atoms with E-state index in [0.717, 1.165) is 11.1 Å². The number of rotatable bonds is 7. The van der Waals surface area contributed by atoms with Gasteiger partial charge in [-0.2, -0.15) is 0 Å². The third-order valence-corrected chi connectivity index (χ3v) is 3.92. The molecule has 1 atom stereocenters. The molecule has 0 aliphatic carbocycles. The zero-order chi connectivity index (χ0) is 17.7. The van der Waals surface area contributed by atoms with Gasteiger partial charge in [0.2, 0.25) is 5.75 Å². The van der Waals surface area contributed by atoms with Crippen molar-refractivity contribution in [1.29, 1.82) is 0 Å². The molecule has 0 heterocycles. The topological polar surface area (TPSA) is 88.4 Å². The van der Waals surface area contributed by atoms with Gasteiger partial charge in [-0.25, -0.2) is 0 Å². The molecule has 2 rings (SSSR count). The van der Waals surface area contributed by atoms with Gasteiger partial charge in [-0.05, 0) is 41.8 Å². The summed E-state index contributed by atoms with van der Waals surface area (Å²) in [4.78, 5) is 0. The molecule has 6 nitrogen and oxygen atoms in total. The van der Waals surface area contributed by atoms with E-state index >= 15 is 0 Å². The second-order valence-electron chi connectivity index (χ2n) is 5.36. The SMILES string of the molecule is COc1cc(C(CO)Cc2cc(OC)c(O)c(OC)c2)ccc1O. The van der Waals surface area contributed by atoms with Crippen LogP contribution in [0.1, 0.15) is 17.0 Å². The van der Waals surface area contributed by atoms with E-state index in [1.54, 1.807) is 24.3 Å². The highest BCUT2D eigenvalue weighted by atomic mass is 16.5. The molecule has 1 unspecified atom stereocenters. The molecular formula is C18H22O6. The van der Waals surface area contributed by atoms with Crippen LogP contribution < -0.4 is 14.2 Å². The van der Waals surface area contributed by atoms with Crippen LogP contribution in [0, 0.1) is 0 Å². The number of phenolic OH excluding ortho intramolecular Hbond substituents is 2. The molecule has 24 heavy (non-hydrogen) atoms. The van der Waals surface area contributed by atoms with E-state index in [1.165, 1.54) is 27.4 Å². The Kier molecular flexibility index (Phi) is 5.76. The zero-order valence-electron chi connectivity index (χ0n) is 13.9. The van der Waals surface area contributed by atoms with Crippen molar-refractivity contribution in [3.8, 4) is 28.7 Å². The summed E-state index contributed by atoms with van der Waals surface area (Å²) in [5, 5.41) is 29.4. The molecule has 0 spiro atoms. The number of methoxy groups -OCH3 is 3. The largest absolute Gasteiger partial charge is 0.504 e. The maximum atomic E-state index is 9.98. The number of aliphatic hydroxyl groups is 1. The Morgan fingerprint density at radius 2 is 1.46 bits per heavy atom. The maximum Gasteiger partial charge on any atom is 0.200 e. The van der Waals surface area contributed by atoms with E-state index in [0.29, 0.717) is 23.7 Å². The highest BCUT2D eigenvalue weighted by Crippen LogP contribution is 2.38. The average Bonchev–Trinajstić information content (AvgIpc) is 2.61. The Bertz CT molecular complexity index is 673. The molecule has 2 aromatic rings. The fourth-order valence-electron chi connectivity index (χ4n) is 2.59. The second kappa shape index (κ2) is 7.79. The second-order valence-corrected chi connectivity index (χ2v) is 5.36. The molecule has 130 valence electrons. The highest BCUT2D eigenvalue weighted by molar-refractivity contribution is 5.53. The van der Waals surface area contributed by atoms with E-state index in [9.17, 15) is 15.3 Å². The quantitative estimate of drug-likeness (QED) is 0.721. The third-order valence-electron chi connectivity index (χ3n) is 3.92. The molecular weight excluding hydrogens is 312 g/mol. The van der Waals surface area contributed by atoms with Crippen LogP contribution in [0.25, 0.3) is 0 Å². The number of aliphatic hydroxyl groups excluding tert-OH is 1. The van der Waals surface area contributed by atoms with Gasteiger partial charge in [0.25, 0.3) is 0 Å². The Labute approximate surface area is 140 Å². The van der Waals surface area contributed by atoms with Gasteiger partial charge in [-0.3, -0.25) is 0 Å². The maximum absolute atomic E-state index is 9.98. The van der Waals surface area contributed by atoms with E-state index in [4.69, 9.17) is 14.2 Å². The first-order chi connectivity index (χ1) is 11.5. The minimum absolute atomic E-state index is 0.0471. The van der Waals surface area contributed by atoms with E-state index in [2.05, 4.69) is 0 Å². The van der Waals surface area contributed by atoms with Gasteiger partial charge >= 0.3 is 0 Å². The zero-order valence-corrected chi connectivity index (χ0v) is 13.9. The van der Waals surface area contributed by atoms with Crippen LogP contribution in [0.2, 0.25) is 0 Å². The van der Waals surface area contributed by atoms with Crippen molar-refractivity contribution in [1.82, 2.24) is 0 Å². The van der Waals surface area contributed by atoms with E-state index in [1.807, 2.05) is 0 Å². The summed E-state index contributed by atoms with van der Waals surface area (Å²) in [6.07, 6.45) is 0.497. The molecule has 0 bridgehead atoms. The Hall–Kier alpha value is -2.60. The first-order valence-electron chi connectivity index (χ1n) is 7.45. The number of phenols is 2. The summed E-state index contributed by atoms with van der Waals surface area (Å²) < 4.78 is 15.4. The Balaban J connectivity index is 2.33. The minimum Gasteiger partial charge on any atom is -0.504 e. The summed E-state index contributed by atoms with van der Waals surface area (Å²) in [5.41, 5.74) is 1.67. The van der Waals surface area contributed by atoms with Crippen LogP contribution in [-0.2, 0) is 6.42 Å². The molecule has 3 N–H and O–H groups in total. The van der Waals surface area contributed by atoms with E-state index < -0.39 is 0 Å². The number of hydrogen-bond donors (Lipinski definition) is 3. The van der Waals surface area contributed by atoms with Crippen LogP contribution in [0.3, 0.4) is 0 Å². The lowest BCUT2D eigenvalue weighted by atomic mass is 9.92. The van der Waals surface area contributed by atoms with Crippen molar-refractivity contribution in [2.45, 2.75) is 12.3 Å². The molecule has 0 fully saturated rings. The fourth-order valence-corrected chi connectivity index (χ4v) is 2.59. The molecule has 0 saturated heterocycles. The lowest BCUT2D eigenvalue weighted by Gasteiger charge is -2.18. The van der Waals surface area contributed by atoms with Crippen molar-refractivity contribution in [2.24, 2.45) is 0 Å². The highest BCUT2D eigenvalue weighted by Gasteiger charge is 2.17. The van der Waals surface area contributed by atoms with Gasteiger partial charge in [0, 0.05) is 5.92 Å². The van der Waals surface area contributed by atoms with Gasteiger partial charge < -0.3 is 29.5 Å². The lowest BCUT2D eigenvalue weighted by Crippen LogP contribution is -2.08. The molecule has 0 radical (unpaired) electrons. The molecule has 0 aromatic heterocycles. The summed E-state index contributed by atoms with van der Waals surface area (Å²) in [6, 6.07) is 8.39. The van der Waals surface area contributed by atoms with Crippen molar-refractivity contribution < 1.29 is 29.5 Å². The van der Waals surface area contributed by atoms with Gasteiger partial charge in [0.05, 0.1) is 27.9 Å². The van der Waals surface area contributed by atoms with Crippen LogP contribution in [0.4, 0.5) is 0 Å². The van der Waals surface area contributed by atoms with Gasteiger partial charge in [0.15, 0.2) is 23.0 Å². The molecule has 0 aliphatic heterocycles. The van der Waals surface area contributed by atoms with Crippen molar-refractivity contribution in [3.05, 3.63) is 41.5 Å². The average molecular weight is 334 g/mol. The molecule has 2 aromatic carbocycles. The fraction of sp³-hybridized carbons (Fsp3) is 0.333. The minimum atomic E-state index is -0.210. The third kappa shape index (κ3) is 3.65. The number of benzene rings is 2. The van der Waals surface area contributed by atoms with Crippen LogP contribution in [0.15, 0.2) is 30.3 Å². The number of hydrogen-bond acceptors (Lipinski definition) is 6. The molecule has 0 saturated carbocycles. The van der Waals surface area contributed by atoms with Gasteiger partial charge in [0.1, 0.15) is 0 Å². The number of ether oxygens (including phenoxy) is 3. The summed E-state index contributed by atoms with van der Waals surface area (Å²) in [7, 11) is 4.40. The molecule has 6 heteroatoms. The predicted octanol–water partition coefficient (Wildman–Crippen LogP) is 2.44. The predicted molar refractivity (Wildman–Crippen MR) is 89.4 cm³/mol. The van der Waals surface area contributed by atoms with Crippen LogP contribution in [-0.4, -0.2) is 43.3 Å². The van der Waals surface area contributed by atoms with Crippen molar-refractivity contribution >= 4 is 0 Å². The summed E-state index contributed by atoms with van der Waals surface area (Å²) >= 11 is 0. The molecule has 0 amide bonds. The van der Waals surface area contributed by atoms with E-state index in [-0.39, 0.29) is 24.0 Å². The Morgan fingerprint density at radius 3 is 1.96 bits per heavy atom. The smallest absolute Gasteiger partial charge is 0.200 e. The normalized spacial score (nSPS) is 11.8.